The number of hydrogen-bond donors (Lipinski definition) is 0. The molecule has 0 aliphatic carbocycles. The van der Waals surface area contributed by atoms with E-state index in [9.17, 15) is 9.59 Å². The lowest BCUT2D eigenvalue weighted by molar-refractivity contribution is 0.638. The van der Waals surface area contributed by atoms with Gasteiger partial charge in [0.15, 0.2) is 0 Å². The normalized spacial score (nSPS) is 10.0. The van der Waals surface area contributed by atoms with Crippen LogP contribution >= 0.6 is 0 Å². The maximum absolute atomic E-state index is 11.9. The fraction of sp³-hybridized carbons (Fsp3) is 0.154. The van der Waals surface area contributed by atoms with Crippen LogP contribution in [-0.2, 0) is 13.6 Å². The molecule has 90 valence electrons. The van der Waals surface area contributed by atoms with Gasteiger partial charge in [0.05, 0.1) is 6.54 Å². The van der Waals surface area contributed by atoms with Crippen molar-refractivity contribution < 1.29 is 0 Å². The van der Waals surface area contributed by atoms with E-state index in [0.717, 1.165) is 10.1 Å². The van der Waals surface area contributed by atoms with Crippen LogP contribution in [0.5, 0.6) is 0 Å². The summed E-state index contributed by atoms with van der Waals surface area (Å²) >= 11 is 0. The van der Waals surface area contributed by atoms with E-state index in [1.807, 2.05) is 36.4 Å². The Balaban J connectivity index is 2.59. The number of rotatable bonds is 2. The van der Waals surface area contributed by atoms with E-state index >= 15 is 0 Å². The summed E-state index contributed by atoms with van der Waals surface area (Å²) in [6, 6.07) is 12.3. The van der Waals surface area contributed by atoms with Crippen LogP contribution in [0.25, 0.3) is 0 Å². The van der Waals surface area contributed by atoms with E-state index in [0.29, 0.717) is 0 Å². The third kappa shape index (κ3) is 2.09. The van der Waals surface area contributed by atoms with Crippen LogP contribution in [0.2, 0.25) is 0 Å². The Hall–Kier alpha value is -2.61. The van der Waals surface area contributed by atoms with Crippen molar-refractivity contribution in [3.05, 3.63) is 68.5 Å². The monoisotopic (exact) mass is 241 g/mol. The highest BCUT2D eigenvalue weighted by Crippen LogP contribution is 2.02. The highest BCUT2D eigenvalue weighted by Gasteiger charge is 2.08. The number of nitriles is 1. The molecule has 0 amide bonds. The van der Waals surface area contributed by atoms with E-state index in [2.05, 4.69) is 0 Å². The van der Waals surface area contributed by atoms with E-state index in [1.165, 1.54) is 17.7 Å². The number of benzene rings is 1. The molecule has 0 unspecified atom stereocenters. The molecule has 0 N–H and O–H groups in total. The lowest BCUT2D eigenvalue weighted by Crippen LogP contribution is -2.39. The van der Waals surface area contributed by atoms with Crippen LogP contribution in [0.4, 0.5) is 0 Å². The standard InChI is InChI=1S/C13H11N3O2/c1-15-12(17)7-11(8-14)16(13(15)18)9-10-5-3-2-4-6-10/h2-7H,9H2,1H3. The predicted octanol–water partition coefficient (Wildman–Crippen LogP) is 0.467. The van der Waals surface area contributed by atoms with Crippen LogP contribution in [0, 0.1) is 11.3 Å². The highest BCUT2D eigenvalue weighted by molar-refractivity contribution is 5.22. The molecule has 2 aromatic rings. The molecule has 0 aliphatic heterocycles. The summed E-state index contributed by atoms with van der Waals surface area (Å²) in [6.45, 7) is 0.274. The van der Waals surface area contributed by atoms with Crippen LogP contribution < -0.4 is 11.2 Å². The predicted molar refractivity (Wildman–Crippen MR) is 66.2 cm³/mol. The van der Waals surface area contributed by atoms with Gasteiger partial charge in [-0.2, -0.15) is 5.26 Å². The van der Waals surface area contributed by atoms with Gasteiger partial charge in [-0.15, -0.1) is 0 Å². The van der Waals surface area contributed by atoms with Gasteiger partial charge < -0.3 is 0 Å². The average Bonchev–Trinajstić information content (AvgIpc) is 2.40. The molecule has 0 spiro atoms. The van der Waals surface area contributed by atoms with E-state index in [1.54, 1.807) is 0 Å². The van der Waals surface area contributed by atoms with Crippen LogP contribution in [-0.4, -0.2) is 9.13 Å². The summed E-state index contributed by atoms with van der Waals surface area (Å²) < 4.78 is 2.28. The first-order valence-corrected chi connectivity index (χ1v) is 5.38. The van der Waals surface area contributed by atoms with Crippen molar-refractivity contribution in [1.29, 1.82) is 5.26 Å². The molecule has 5 nitrogen and oxygen atoms in total. The zero-order valence-electron chi connectivity index (χ0n) is 9.83. The van der Waals surface area contributed by atoms with E-state index in [-0.39, 0.29) is 12.2 Å². The molecule has 0 fully saturated rings. The first-order chi connectivity index (χ1) is 8.63. The molecule has 18 heavy (non-hydrogen) atoms. The van der Waals surface area contributed by atoms with E-state index in [4.69, 9.17) is 5.26 Å². The summed E-state index contributed by atoms with van der Waals surface area (Å²) in [7, 11) is 1.40. The van der Waals surface area contributed by atoms with Crippen molar-refractivity contribution in [2.45, 2.75) is 6.54 Å². The zero-order valence-corrected chi connectivity index (χ0v) is 9.83. The largest absolute Gasteiger partial charge is 0.332 e. The quantitative estimate of drug-likeness (QED) is 0.767. The second-order valence-corrected chi connectivity index (χ2v) is 3.89. The van der Waals surface area contributed by atoms with Crippen molar-refractivity contribution in [2.75, 3.05) is 0 Å². The third-order valence-electron chi connectivity index (χ3n) is 2.70. The maximum atomic E-state index is 11.9. The van der Waals surface area contributed by atoms with Gasteiger partial charge in [0, 0.05) is 13.1 Å². The van der Waals surface area contributed by atoms with Gasteiger partial charge in [-0.05, 0) is 5.56 Å². The van der Waals surface area contributed by atoms with Gasteiger partial charge in [-0.25, -0.2) is 4.79 Å². The fourth-order valence-corrected chi connectivity index (χ4v) is 1.68. The van der Waals surface area contributed by atoms with Gasteiger partial charge >= 0.3 is 5.69 Å². The topological polar surface area (TPSA) is 67.8 Å². The minimum atomic E-state index is -0.483. The van der Waals surface area contributed by atoms with Gasteiger partial charge in [-0.1, -0.05) is 30.3 Å². The SMILES string of the molecule is Cn1c(=O)cc(C#N)n(Cc2ccccc2)c1=O. The van der Waals surface area contributed by atoms with Crippen LogP contribution in [0.3, 0.4) is 0 Å². The molecule has 0 bridgehead atoms. The van der Waals surface area contributed by atoms with Crippen molar-refractivity contribution in [1.82, 2.24) is 9.13 Å². The van der Waals surface area contributed by atoms with E-state index < -0.39 is 11.2 Å². The molecule has 0 saturated heterocycles. The zero-order chi connectivity index (χ0) is 13.1. The molecule has 2 rings (SSSR count). The Bertz CT molecular complexity index is 721. The molecule has 1 heterocycles. The number of aromatic nitrogens is 2. The van der Waals surface area contributed by atoms with Gasteiger partial charge in [0.1, 0.15) is 11.8 Å². The van der Waals surface area contributed by atoms with Crippen molar-refractivity contribution >= 4 is 0 Å². The minimum Gasteiger partial charge on any atom is -0.280 e. The molecule has 0 saturated carbocycles. The number of hydrogen-bond acceptors (Lipinski definition) is 3. The smallest absolute Gasteiger partial charge is 0.280 e. The second kappa shape index (κ2) is 4.72. The summed E-state index contributed by atoms with van der Waals surface area (Å²) in [6.07, 6.45) is 0. The first kappa shape index (κ1) is 11.9. The molecule has 5 heteroatoms. The maximum Gasteiger partial charge on any atom is 0.332 e. The minimum absolute atomic E-state index is 0.0759. The second-order valence-electron chi connectivity index (χ2n) is 3.89. The van der Waals surface area contributed by atoms with Gasteiger partial charge in [-0.3, -0.25) is 13.9 Å². The lowest BCUT2D eigenvalue weighted by Gasteiger charge is -2.09. The van der Waals surface area contributed by atoms with Crippen molar-refractivity contribution in [3.8, 4) is 6.07 Å². The average molecular weight is 241 g/mol. The Morgan fingerprint density at radius 3 is 2.50 bits per heavy atom. The Morgan fingerprint density at radius 1 is 1.22 bits per heavy atom. The lowest BCUT2D eigenvalue weighted by atomic mass is 10.2. The molecule has 0 radical (unpaired) electrons. The summed E-state index contributed by atoms with van der Waals surface area (Å²) in [5.41, 5.74) is 0.0190. The molecule has 1 aromatic heterocycles. The first-order valence-electron chi connectivity index (χ1n) is 5.38. The molecular weight excluding hydrogens is 230 g/mol. The Morgan fingerprint density at radius 2 is 1.89 bits per heavy atom. The third-order valence-corrected chi connectivity index (χ3v) is 2.70. The van der Waals surface area contributed by atoms with Crippen molar-refractivity contribution in [3.63, 3.8) is 0 Å². The summed E-state index contributed by atoms with van der Waals surface area (Å²) in [5.74, 6) is 0. The number of nitrogens with zero attached hydrogens (tertiary/aromatic N) is 3. The molecule has 1 aromatic carbocycles. The van der Waals surface area contributed by atoms with Gasteiger partial charge in [0.25, 0.3) is 5.56 Å². The van der Waals surface area contributed by atoms with Crippen LogP contribution in [0.1, 0.15) is 11.3 Å². The summed E-state index contributed by atoms with van der Waals surface area (Å²) in [5, 5.41) is 8.98. The van der Waals surface area contributed by atoms with Crippen LogP contribution in [0.15, 0.2) is 46.0 Å². The molecule has 0 aliphatic rings. The Labute approximate surface area is 103 Å². The summed E-state index contributed by atoms with van der Waals surface area (Å²) in [4.78, 5) is 23.4. The Kier molecular flexibility index (Phi) is 3.11. The van der Waals surface area contributed by atoms with Crippen molar-refractivity contribution in [2.24, 2.45) is 7.05 Å². The molecular formula is C13H11N3O2. The fourth-order valence-electron chi connectivity index (χ4n) is 1.68. The highest BCUT2D eigenvalue weighted by atomic mass is 16.2. The molecule has 0 atom stereocenters. The van der Waals surface area contributed by atoms with Gasteiger partial charge in [0.2, 0.25) is 0 Å².